The molecule has 2 heterocycles. The molecule has 0 spiro atoms. The molecule has 0 aliphatic carbocycles. The van der Waals surface area contributed by atoms with Crippen molar-refractivity contribution in [1.29, 1.82) is 0 Å². The summed E-state index contributed by atoms with van der Waals surface area (Å²) in [6.45, 7) is 2.16. The molecule has 0 aliphatic heterocycles. The minimum Gasteiger partial charge on any atom is -0.467 e. The van der Waals surface area contributed by atoms with Crippen molar-refractivity contribution >= 4 is 11.3 Å². The van der Waals surface area contributed by atoms with E-state index in [4.69, 9.17) is 9.15 Å². The maximum atomic E-state index is 9.88. The summed E-state index contributed by atoms with van der Waals surface area (Å²) in [5.74, 6) is 0.777. The Bertz CT molecular complexity index is 441. The summed E-state index contributed by atoms with van der Waals surface area (Å²) in [7, 11) is 2.00. The predicted octanol–water partition coefficient (Wildman–Crippen LogP) is 2.35. The third-order valence-electron chi connectivity index (χ3n) is 2.66. The van der Waals surface area contributed by atoms with Crippen LogP contribution in [-0.2, 0) is 17.9 Å². The van der Waals surface area contributed by atoms with E-state index in [1.165, 1.54) is 4.88 Å². The van der Waals surface area contributed by atoms with E-state index in [0.29, 0.717) is 19.8 Å². The molecule has 4 nitrogen and oxygen atoms in total. The highest BCUT2D eigenvalue weighted by atomic mass is 32.1. The smallest absolute Gasteiger partial charge is 0.129 e. The van der Waals surface area contributed by atoms with Gasteiger partial charge in [0.15, 0.2) is 0 Å². The van der Waals surface area contributed by atoms with Crippen LogP contribution in [0.25, 0.3) is 0 Å². The Hall–Kier alpha value is -1.14. The van der Waals surface area contributed by atoms with Crippen LogP contribution in [0, 0.1) is 0 Å². The van der Waals surface area contributed by atoms with E-state index in [-0.39, 0.29) is 0 Å². The van der Waals surface area contributed by atoms with Gasteiger partial charge in [-0.2, -0.15) is 0 Å². The molecule has 0 aliphatic rings. The van der Waals surface area contributed by atoms with Crippen LogP contribution in [0.15, 0.2) is 40.3 Å². The Kier molecular flexibility index (Phi) is 5.60. The van der Waals surface area contributed by atoms with Gasteiger partial charge in [0, 0.05) is 18.0 Å². The summed E-state index contributed by atoms with van der Waals surface area (Å²) >= 11 is 1.73. The van der Waals surface area contributed by atoms with Crippen molar-refractivity contribution in [1.82, 2.24) is 4.90 Å². The summed E-state index contributed by atoms with van der Waals surface area (Å²) in [6.07, 6.45) is 1.13. The number of aliphatic hydroxyl groups excluding tert-OH is 1. The number of rotatable bonds is 8. The van der Waals surface area contributed by atoms with Crippen molar-refractivity contribution < 1.29 is 14.3 Å². The fourth-order valence-corrected chi connectivity index (χ4v) is 2.62. The van der Waals surface area contributed by atoms with Gasteiger partial charge in [-0.3, -0.25) is 4.90 Å². The van der Waals surface area contributed by atoms with E-state index < -0.39 is 6.10 Å². The first-order valence-corrected chi connectivity index (χ1v) is 7.11. The first kappa shape index (κ1) is 14.3. The zero-order valence-corrected chi connectivity index (χ0v) is 11.8. The van der Waals surface area contributed by atoms with Crippen molar-refractivity contribution in [2.45, 2.75) is 19.3 Å². The van der Waals surface area contributed by atoms with Crippen LogP contribution in [0.2, 0.25) is 0 Å². The average Bonchev–Trinajstić information content (AvgIpc) is 3.01. The molecule has 2 aromatic rings. The molecule has 0 saturated heterocycles. The molecular formula is C14H19NO3S. The van der Waals surface area contributed by atoms with E-state index in [1.807, 2.05) is 25.2 Å². The zero-order valence-electron chi connectivity index (χ0n) is 11.0. The van der Waals surface area contributed by atoms with Gasteiger partial charge in [-0.25, -0.2) is 0 Å². The number of hydrogen-bond donors (Lipinski definition) is 1. The van der Waals surface area contributed by atoms with Gasteiger partial charge in [0.2, 0.25) is 0 Å². The fourth-order valence-electron chi connectivity index (χ4n) is 1.84. The molecule has 2 aromatic heterocycles. The largest absolute Gasteiger partial charge is 0.467 e. The summed E-state index contributed by atoms with van der Waals surface area (Å²) in [5.41, 5.74) is 0. The lowest BCUT2D eigenvalue weighted by Crippen LogP contribution is -2.31. The second-order valence-electron chi connectivity index (χ2n) is 4.52. The van der Waals surface area contributed by atoms with Crippen molar-refractivity contribution in [3.63, 3.8) is 0 Å². The second kappa shape index (κ2) is 7.45. The monoisotopic (exact) mass is 281 g/mol. The van der Waals surface area contributed by atoms with E-state index >= 15 is 0 Å². The molecule has 2 rings (SSSR count). The standard InChI is InChI=1S/C14H19NO3S/c1-15(9-14-5-3-7-19-14)8-12(16)10-17-11-13-4-2-6-18-13/h2-7,12,16H,8-11H2,1H3/t12-/m1/s1. The molecule has 104 valence electrons. The second-order valence-corrected chi connectivity index (χ2v) is 5.56. The van der Waals surface area contributed by atoms with Gasteiger partial charge in [0.1, 0.15) is 12.4 Å². The summed E-state index contributed by atoms with van der Waals surface area (Å²) in [5, 5.41) is 11.9. The molecule has 0 bridgehead atoms. The molecule has 0 fully saturated rings. The number of furan rings is 1. The van der Waals surface area contributed by atoms with Gasteiger partial charge in [0.25, 0.3) is 0 Å². The van der Waals surface area contributed by atoms with Crippen LogP contribution in [-0.4, -0.2) is 36.3 Å². The van der Waals surface area contributed by atoms with Crippen molar-refractivity contribution in [3.8, 4) is 0 Å². The summed E-state index contributed by atoms with van der Waals surface area (Å²) in [6, 6.07) is 7.82. The Morgan fingerprint density at radius 1 is 1.42 bits per heavy atom. The Labute approximate surface area is 117 Å². The molecule has 5 heteroatoms. The molecule has 0 unspecified atom stereocenters. The number of ether oxygens (including phenoxy) is 1. The van der Waals surface area contributed by atoms with Gasteiger partial charge < -0.3 is 14.3 Å². The van der Waals surface area contributed by atoms with Crippen LogP contribution < -0.4 is 0 Å². The molecular weight excluding hydrogens is 262 g/mol. The lowest BCUT2D eigenvalue weighted by Gasteiger charge is -2.19. The van der Waals surface area contributed by atoms with Gasteiger partial charge >= 0.3 is 0 Å². The summed E-state index contributed by atoms with van der Waals surface area (Å²) < 4.78 is 10.6. The maximum Gasteiger partial charge on any atom is 0.129 e. The van der Waals surface area contributed by atoms with Crippen LogP contribution in [0.4, 0.5) is 0 Å². The highest BCUT2D eigenvalue weighted by molar-refractivity contribution is 7.09. The minimum absolute atomic E-state index is 0.315. The van der Waals surface area contributed by atoms with Gasteiger partial charge in [0.05, 0.1) is 19.0 Å². The molecule has 1 atom stereocenters. The average molecular weight is 281 g/mol. The molecule has 0 amide bonds. The summed E-state index contributed by atoms with van der Waals surface area (Å²) in [4.78, 5) is 3.39. The van der Waals surface area contributed by atoms with E-state index in [0.717, 1.165) is 12.3 Å². The number of thiophene rings is 1. The molecule has 0 aromatic carbocycles. The predicted molar refractivity (Wildman–Crippen MR) is 75.0 cm³/mol. The normalized spacial score (nSPS) is 13.0. The number of nitrogens with zero attached hydrogens (tertiary/aromatic N) is 1. The third kappa shape index (κ3) is 5.16. The topological polar surface area (TPSA) is 45.8 Å². The lowest BCUT2D eigenvalue weighted by atomic mass is 10.3. The van der Waals surface area contributed by atoms with E-state index in [1.54, 1.807) is 17.6 Å². The van der Waals surface area contributed by atoms with Gasteiger partial charge in [-0.15, -0.1) is 11.3 Å². The van der Waals surface area contributed by atoms with Gasteiger partial charge in [-0.05, 0) is 30.6 Å². The SMILES string of the molecule is CN(Cc1cccs1)C[C@@H](O)COCc1ccco1. The first-order chi connectivity index (χ1) is 9.24. The van der Waals surface area contributed by atoms with Crippen LogP contribution in [0.3, 0.4) is 0 Å². The maximum absolute atomic E-state index is 9.88. The Balaban J connectivity index is 1.62. The molecule has 19 heavy (non-hydrogen) atoms. The first-order valence-electron chi connectivity index (χ1n) is 6.23. The van der Waals surface area contributed by atoms with Crippen molar-refractivity contribution in [2.75, 3.05) is 20.2 Å². The number of hydrogen-bond acceptors (Lipinski definition) is 5. The number of aliphatic hydroxyl groups is 1. The minimum atomic E-state index is -0.486. The zero-order chi connectivity index (χ0) is 13.5. The third-order valence-corrected chi connectivity index (χ3v) is 3.52. The Morgan fingerprint density at radius 2 is 2.32 bits per heavy atom. The Morgan fingerprint density at radius 3 is 3.00 bits per heavy atom. The van der Waals surface area contributed by atoms with Crippen LogP contribution in [0.5, 0.6) is 0 Å². The van der Waals surface area contributed by atoms with Crippen molar-refractivity contribution in [2.24, 2.45) is 0 Å². The molecule has 0 radical (unpaired) electrons. The molecule has 0 saturated carbocycles. The quantitative estimate of drug-likeness (QED) is 0.807. The van der Waals surface area contributed by atoms with Crippen LogP contribution >= 0.6 is 11.3 Å². The van der Waals surface area contributed by atoms with E-state index in [2.05, 4.69) is 16.3 Å². The fraction of sp³-hybridized carbons (Fsp3) is 0.429. The van der Waals surface area contributed by atoms with E-state index in [9.17, 15) is 5.11 Å². The lowest BCUT2D eigenvalue weighted by molar-refractivity contribution is 0.00779. The van der Waals surface area contributed by atoms with Crippen molar-refractivity contribution in [3.05, 3.63) is 46.5 Å². The highest BCUT2D eigenvalue weighted by Crippen LogP contribution is 2.11. The van der Waals surface area contributed by atoms with Crippen LogP contribution in [0.1, 0.15) is 10.6 Å². The highest BCUT2D eigenvalue weighted by Gasteiger charge is 2.09. The molecule has 1 N–H and O–H groups in total. The number of likely N-dealkylation sites (N-methyl/N-ethyl adjacent to an activating group) is 1. The van der Waals surface area contributed by atoms with Gasteiger partial charge in [-0.1, -0.05) is 6.07 Å².